The van der Waals surface area contributed by atoms with Gasteiger partial charge in [-0.05, 0) is 64.2 Å². The first-order valence-corrected chi connectivity index (χ1v) is 21.9. The molecule has 0 amide bonds. The van der Waals surface area contributed by atoms with Gasteiger partial charge in [0.25, 0.3) is 0 Å². The Labute approximate surface area is 314 Å². The summed E-state index contributed by atoms with van der Waals surface area (Å²) in [5, 5.41) is 0. The smallest absolute Gasteiger partial charge is 0.457 e. The summed E-state index contributed by atoms with van der Waals surface area (Å²) in [5.41, 5.74) is 0. The number of hydrogen-bond acceptors (Lipinski definition) is 6. The fourth-order valence-electron chi connectivity index (χ4n) is 5.19. The molecule has 2 atom stereocenters. The van der Waals surface area contributed by atoms with Gasteiger partial charge in [0.1, 0.15) is 19.3 Å². The SMILES string of the molecule is CC/C=C\C/C=C\C/C=C\CCCCCCCCCC(=O)OC(COCCCCCCCC/C=C\CCCC)COP(=O)(O)OCC[N+](C)(C)C. The quantitative estimate of drug-likeness (QED) is 0.0223. The van der Waals surface area contributed by atoms with Gasteiger partial charge in [-0.1, -0.05) is 133 Å². The molecule has 0 aliphatic carbocycles. The van der Waals surface area contributed by atoms with Gasteiger partial charge in [-0.25, -0.2) is 4.57 Å². The molecule has 0 fully saturated rings. The van der Waals surface area contributed by atoms with Crippen LogP contribution in [0.2, 0.25) is 0 Å². The summed E-state index contributed by atoms with van der Waals surface area (Å²) < 4.78 is 34.9. The monoisotopic (exact) mass is 741 g/mol. The first-order valence-electron chi connectivity index (χ1n) is 20.4. The number of phosphoric ester groups is 1. The number of carbonyl (C=O) groups is 1. The molecule has 0 bridgehead atoms. The zero-order chi connectivity index (χ0) is 37.7. The van der Waals surface area contributed by atoms with E-state index in [4.69, 9.17) is 18.5 Å². The van der Waals surface area contributed by atoms with Crippen molar-refractivity contribution in [2.45, 2.75) is 161 Å². The van der Waals surface area contributed by atoms with E-state index in [1.807, 2.05) is 21.1 Å². The molecule has 0 radical (unpaired) electrons. The molecule has 9 heteroatoms. The zero-order valence-electron chi connectivity index (χ0n) is 33.6. The molecule has 51 heavy (non-hydrogen) atoms. The van der Waals surface area contributed by atoms with Crippen LogP contribution in [-0.2, 0) is 27.9 Å². The largest absolute Gasteiger partial charge is 0.472 e. The van der Waals surface area contributed by atoms with E-state index in [1.54, 1.807) is 0 Å². The van der Waals surface area contributed by atoms with Gasteiger partial charge in [0.15, 0.2) is 0 Å². The number of likely N-dealkylation sites (N-methyl/N-ethyl adjacent to an activating group) is 1. The number of hydrogen-bond donors (Lipinski definition) is 1. The third-order valence-corrected chi connectivity index (χ3v) is 9.36. The van der Waals surface area contributed by atoms with Crippen molar-refractivity contribution in [2.75, 3.05) is 54.1 Å². The van der Waals surface area contributed by atoms with Crippen molar-refractivity contribution in [3.63, 3.8) is 0 Å². The highest BCUT2D eigenvalue weighted by Crippen LogP contribution is 2.43. The molecule has 298 valence electrons. The van der Waals surface area contributed by atoms with Crippen molar-refractivity contribution in [3.05, 3.63) is 48.6 Å². The summed E-state index contributed by atoms with van der Waals surface area (Å²) in [4.78, 5) is 22.8. The number of unbranched alkanes of at least 4 members (excludes halogenated alkanes) is 15. The van der Waals surface area contributed by atoms with Gasteiger partial charge in [-0.3, -0.25) is 13.8 Å². The number of nitrogens with zero attached hydrogens (tertiary/aromatic N) is 1. The predicted octanol–water partition coefficient (Wildman–Crippen LogP) is 11.6. The second-order valence-corrected chi connectivity index (χ2v) is 16.1. The Bertz CT molecular complexity index is 957. The molecule has 0 aromatic rings. The standard InChI is InChI=1S/C42H78NO7P/c1-6-8-10-12-14-16-18-20-21-22-23-24-25-27-29-31-33-35-42(44)50-41(40-49-51(45,46)48-38-36-43(3,4)5)39-47-37-34-32-30-28-26-19-17-15-13-11-9-7-2/h8,10,13-16,20-21,41H,6-7,9,11-12,17-19,22-40H2,1-5H3/p+1/b10-8-,15-13-,16-14-,21-20-. The van der Waals surface area contributed by atoms with E-state index >= 15 is 0 Å². The summed E-state index contributed by atoms with van der Waals surface area (Å²) in [7, 11) is 1.65. The fraction of sp³-hybridized carbons (Fsp3) is 0.786. The molecule has 0 aliphatic rings. The van der Waals surface area contributed by atoms with Crippen molar-refractivity contribution in [3.8, 4) is 0 Å². The third kappa shape index (κ3) is 39.5. The van der Waals surface area contributed by atoms with Crippen LogP contribution in [0.5, 0.6) is 0 Å². The predicted molar refractivity (Wildman–Crippen MR) is 215 cm³/mol. The molecule has 0 spiro atoms. The molecule has 1 N–H and O–H groups in total. The molecule has 0 saturated carbocycles. The summed E-state index contributed by atoms with van der Waals surface area (Å²) in [6, 6.07) is 0. The first kappa shape index (κ1) is 49.5. The third-order valence-electron chi connectivity index (χ3n) is 8.37. The van der Waals surface area contributed by atoms with Gasteiger partial charge in [0, 0.05) is 13.0 Å². The number of carbonyl (C=O) groups excluding carboxylic acids is 1. The van der Waals surface area contributed by atoms with Crippen molar-refractivity contribution in [2.24, 2.45) is 0 Å². The second-order valence-electron chi connectivity index (χ2n) is 14.6. The van der Waals surface area contributed by atoms with Crippen molar-refractivity contribution >= 4 is 13.8 Å². The summed E-state index contributed by atoms with van der Waals surface area (Å²) in [6.07, 6.45) is 41.3. The lowest BCUT2D eigenvalue weighted by Crippen LogP contribution is -2.37. The Balaban J connectivity index is 4.29. The van der Waals surface area contributed by atoms with Crippen LogP contribution in [0.4, 0.5) is 0 Å². The Morgan fingerprint density at radius 3 is 1.73 bits per heavy atom. The molecule has 8 nitrogen and oxygen atoms in total. The van der Waals surface area contributed by atoms with Gasteiger partial charge < -0.3 is 18.9 Å². The highest BCUT2D eigenvalue weighted by Gasteiger charge is 2.26. The summed E-state index contributed by atoms with van der Waals surface area (Å²) >= 11 is 0. The Morgan fingerprint density at radius 1 is 0.627 bits per heavy atom. The van der Waals surface area contributed by atoms with Crippen LogP contribution >= 0.6 is 7.82 Å². The Hall–Kier alpha value is -1.54. The lowest BCUT2D eigenvalue weighted by Gasteiger charge is -2.24. The molecule has 0 saturated heterocycles. The van der Waals surface area contributed by atoms with Gasteiger partial charge in [-0.2, -0.15) is 0 Å². The lowest BCUT2D eigenvalue weighted by molar-refractivity contribution is -0.870. The van der Waals surface area contributed by atoms with Crippen LogP contribution < -0.4 is 0 Å². The fourth-order valence-corrected chi connectivity index (χ4v) is 5.94. The van der Waals surface area contributed by atoms with Crippen LogP contribution in [0.1, 0.15) is 155 Å². The van der Waals surface area contributed by atoms with Gasteiger partial charge in [0.2, 0.25) is 0 Å². The number of esters is 1. The number of rotatable bonds is 37. The molecule has 0 rings (SSSR count). The molecule has 2 unspecified atom stereocenters. The van der Waals surface area contributed by atoms with Crippen LogP contribution in [0.3, 0.4) is 0 Å². The number of quaternary nitrogens is 1. The maximum Gasteiger partial charge on any atom is 0.472 e. The topological polar surface area (TPSA) is 91.3 Å². The average molecular weight is 741 g/mol. The van der Waals surface area contributed by atoms with Crippen LogP contribution in [0.15, 0.2) is 48.6 Å². The van der Waals surface area contributed by atoms with E-state index in [0.29, 0.717) is 24.1 Å². The minimum absolute atomic E-state index is 0.0837. The molecule has 0 heterocycles. The van der Waals surface area contributed by atoms with E-state index in [1.165, 1.54) is 77.0 Å². The number of allylic oxidation sites excluding steroid dienone is 8. The van der Waals surface area contributed by atoms with Crippen LogP contribution in [0, 0.1) is 0 Å². The van der Waals surface area contributed by atoms with Crippen LogP contribution in [-0.4, -0.2) is 75.6 Å². The maximum absolute atomic E-state index is 12.7. The van der Waals surface area contributed by atoms with E-state index < -0.39 is 13.9 Å². The van der Waals surface area contributed by atoms with E-state index in [2.05, 4.69) is 62.5 Å². The van der Waals surface area contributed by atoms with Gasteiger partial charge in [0.05, 0.1) is 34.4 Å². The van der Waals surface area contributed by atoms with E-state index in [0.717, 1.165) is 57.8 Å². The highest BCUT2D eigenvalue weighted by molar-refractivity contribution is 7.47. The molecular formula is C42H79NO7P+. The summed E-state index contributed by atoms with van der Waals surface area (Å²) in [5.74, 6) is -0.329. The van der Waals surface area contributed by atoms with Crippen LogP contribution in [0.25, 0.3) is 0 Å². The normalized spacial score (nSPS) is 14.4. The minimum atomic E-state index is -4.27. The van der Waals surface area contributed by atoms with Crippen molar-refractivity contribution in [1.29, 1.82) is 0 Å². The Kier molecular flexibility index (Phi) is 34.4. The lowest BCUT2D eigenvalue weighted by atomic mass is 10.1. The number of ether oxygens (including phenoxy) is 2. The Morgan fingerprint density at radius 2 is 1.14 bits per heavy atom. The van der Waals surface area contributed by atoms with E-state index in [9.17, 15) is 14.3 Å². The molecule has 0 aromatic carbocycles. The molecular weight excluding hydrogens is 661 g/mol. The second kappa shape index (κ2) is 35.5. The maximum atomic E-state index is 12.7. The average Bonchev–Trinajstić information content (AvgIpc) is 3.08. The summed E-state index contributed by atoms with van der Waals surface area (Å²) in [6.45, 7) is 5.44. The first-order chi connectivity index (χ1) is 24.6. The van der Waals surface area contributed by atoms with E-state index in [-0.39, 0.29) is 25.8 Å². The minimum Gasteiger partial charge on any atom is -0.457 e. The number of phosphoric acid groups is 1. The van der Waals surface area contributed by atoms with Crippen molar-refractivity contribution in [1.82, 2.24) is 0 Å². The highest BCUT2D eigenvalue weighted by atomic mass is 31.2. The molecule has 0 aliphatic heterocycles. The zero-order valence-corrected chi connectivity index (χ0v) is 34.5. The van der Waals surface area contributed by atoms with Crippen molar-refractivity contribution < 1.29 is 37.3 Å². The molecule has 0 aromatic heterocycles. The van der Waals surface area contributed by atoms with Gasteiger partial charge >= 0.3 is 13.8 Å². The van der Waals surface area contributed by atoms with Gasteiger partial charge in [-0.15, -0.1) is 0 Å².